The van der Waals surface area contributed by atoms with Crippen LogP contribution in [0, 0.1) is 5.82 Å². The van der Waals surface area contributed by atoms with Gasteiger partial charge in [-0.05, 0) is 42.3 Å². The van der Waals surface area contributed by atoms with Crippen LogP contribution in [0.3, 0.4) is 0 Å². The van der Waals surface area contributed by atoms with Crippen molar-refractivity contribution in [1.29, 1.82) is 0 Å². The highest BCUT2D eigenvalue weighted by Crippen LogP contribution is 2.22. The fourth-order valence-electron chi connectivity index (χ4n) is 2.62. The van der Waals surface area contributed by atoms with Gasteiger partial charge >= 0.3 is 6.03 Å². The van der Waals surface area contributed by atoms with E-state index in [0.717, 1.165) is 11.8 Å². The van der Waals surface area contributed by atoms with Crippen LogP contribution in [-0.2, 0) is 16.4 Å². The lowest BCUT2D eigenvalue weighted by Crippen LogP contribution is -2.30. The predicted octanol–water partition coefficient (Wildman–Crippen LogP) is 1.96. The first kappa shape index (κ1) is 21.9. The van der Waals surface area contributed by atoms with Crippen molar-refractivity contribution in [1.82, 2.24) is 15.3 Å². The molecule has 0 atom stereocenters. The van der Waals surface area contributed by atoms with Gasteiger partial charge in [0.25, 0.3) is 0 Å². The molecule has 3 rings (SSSR count). The predicted molar refractivity (Wildman–Crippen MR) is 114 cm³/mol. The Kier molecular flexibility index (Phi) is 6.62. The number of amides is 2. The third-order valence-electron chi connectivity index (χ3n) is 4.09. The van der Waals surface area contributed by atoms with E-state index in [1.807, 2.05) is 12.1 Å². The molecule has 0 fully saturated rings. The molecule has 1 heterocycles. The van der Waals surface area contributed by atoms with Gasteiger partial charge in [0.15, 0.2) is 11.6 Å². The van der Waals surface area contributed by atoms with E-state index in [-0.39, 0.29) is 16.7 Å². The Labute approximate surface area is 177 Å². The molecule has 0 radical (unpaired) electrons. The summed E-state index contributed by atoms with van der Waals surface area (Å²) in [6, 6.07) is 12.3. The van der Waals surface area contributed by atoms with Gasteiger partial charge in [-0.3, -0.25) is 0 Å². The zero-order chi connectivity index (χ0) is 22.4. The zero-order valence-corrected chi connectivity index (χ0v) is 17.0. The second kappa shape index (κ2) is 9.36. The minimum absolute atomic E-state index is 0.0598. The van der Waals surface area contributed by atoms with Crippen molar-refractivity contribution in [3.05, 3.63) is 66.1 Å². The molecular weight excluding hydrogens is 425 g/mol. The van der Waals surface area contributed by atoms with Crippen molar-refractivity contribution in [2.75, 3.05) is 17.2 Å². The first-order valence-electron chi connectivity index (χ1n) is 9.02. The molecule has 1 aromatic heterocycles. The Bertz CT molecular complexity index is 1190. The highest BCUT2D eigenvalue weighted by Gasteiger charge is 2.11. The summed E-state index contributed by atoms with van der Waals surface area (Å²) in [5, 5.41) is 13.3. The van der Waals surface area contributed by atoms with Crippen LogP contribution in [-0.4, -0.2) is 31.0 Å². The second-order valence-electron chi connectivity index (χ2n) is 6.45. The number of nitrogens with zero attached hydrogens (tertiary/aromatic N) is 2. The molecule has 7 N–H and O–H groups in total. The van der Waals surface area contributed by atoms with Crippen LogP contribution >= 0.6 is 0 Å². The number of aromatic nitrogens is 2. The summed E-state index contributed by atoms with van der Waals surface area (Å²) in [6.07, 6.45) is 1.59. The maximum Gasteiger partial charge on any atom is 0.312 e. The lowest BCUT2D eigenvalue weighted by molar-refractivity contribution is 0.249. The molecule has 0 saturated carbocycles. The Morgan fingerprint density at radius 1 is 1.06 bits per heavy atom. The number of hydrogen-bond acceptors (Lipinski definition) is 7. The van der Waals surface area contributed by atoms with Crippen molar-refractivity contribution >= 4 is 39.2 Å². The second-order valence-corrected chi connectivity index (χ2v) is 8.01. The number of nitrogens with one attached hydrogen (secondary N) is 3. The molecule has 0 aliphatic carbocycles. The van der Waals surface area contributed by atoms with Gasteiger partial charge in [-0.25, -0.2) is 27.7 Å². The molecule has 0 spiro atoms. The number of rotatable bonds is 8. The monoisotopic (exact) mass is 445 g/mol. The Morgan fingerprint density at radius 2 is 1.81 bits per heavy atom. The van der Waals surface area contributed by atoms with E-state index >= 15 is 0 Å². The number of anilines is 4. The smallest absolute Gasteiger partial charge is 0.312 e. The lowest BCUT2D eigenvalue weighted by atomic mass is 10.1. The van der Waals surface area contributed by atoms with Crippen molar-refractivity contribution in [3.63, 3.8) is 0 Å². The van der Waals surface area contributed by atoms with Gasteiger partial charge in [-0.1, -0.05) is 18.2 Å². The van der Waals surface area contributed by atoms with Crippen LogP contribution in [0.25, 0.3) is 0 Å². The van der Waals surface area contributed by atoms with Crippen molar-refractivity contribution in [2.45, 2.75) is 11.3 Å². The van der Waals surface area contributed by atoms with Gasteiger partial charge < -0.3 is 21.7 Å². The molecular formula is C19H20FN7O3S. The van der Waals surface area contributed by atoms with Crippen LogP contribution in [0.15, 0.2) is 59.6 Å². The fourth-order valence-corrected chi connectivity index (χ4v) is 3.18. The quantitative estimate of drug-likeness (QED) is 0.353. The van der Waals surface area contributed by atoms with Crippen LogP contribution in [0.1, 0.15) is 5.56 Å². The standard InChI is InChI=1S/C19H20FN7O3S/c20-16-11-24-19(26-14-2-1-3-15(10-14)31(22,29)30)27-17(16)25-13-6-4-12(5-7-13)8-9-23-18(21)28/h1-7,10-11H,8-9H2,(H3,21,23,28)(H2,22,29,30)(H2,24,25,26,27). The van der Waals surface area contributed by atoms with E-state index in [2.05, 4.69) is 25.9 Å². The number of hydrogen-bond donors (Lipinski definition) is 5. The highest BCUT2D eigenvalue weighted by molar-refractivity contribution is 7.89. The molecule has 12 heteroatoms. The minimum Gasteiger partial charge on any atom is -0.352 e. The number of urea groups is 1. The number of carbonyl (C=O) groups excluding carboxylic acids is 1. The van der Waals surface area contributed by atoms with E-state index in [4.69, 9.17) is 10.9 Å². The Morgan fingerprint density at radius 3 is 2.48 bits per heavy atom. The third-order valence-corrected chi connectivity index (χ3v) is 5.00. The summed E-state index contributed by atoms with van der Waals surface area (Å²) >= 11 is 0. The molecule has 0 aliphatic rings. The number of primary sulfonamides is 1. The van der Waals surface area contributed by atoms with Crippen LogP contribution in [0.4, 0.5) is 32.3 Å². The van der Waals surface area contributed by atoms with Crippen molar-refractivity contribution < 1.29 is 17.6 Å². The summed E-state index contributed by atoms with van der Waals surface area (Å²) in [5.41, 5.74) is 6.94. The van der Waals surface area contributed by atoms with Crippen molar-refractivity contribution in [2.24, 2.45) is 10.9 Å². The van der Waals surface area contributed by atoms with Crippen LogP contribution in [0.2, 0.25) is 0 Å². The number of primary amides is 1. The molecule has 2 amide bonds. The largest absolute Gasteiger partial charge is 0.352 e. The third kappa shape index (κ3) is 6.35. The number of carbonyl (C=O) groups is 1. The molecule has 0 saturated heterocycles. The number of nitrogens with two attached hydrogens (primary N) is 2. The molecule has 2 aromatic carbocycles. The summed E-state index contributed by atoms with van der Waals surface area (Å²) in [4.78, 5) is 18.6. The van der Waals surface area contributed by atoms with Gasteiger partial charge in [-0.15, -0.1) is 0 Å². The van der Waals surface area contributed by atoms with E-state index in [1.54, 1.807) is 18.2 Å². The van der Waals surface area contributed by atoms with Gasteiger partial charge in [-0.2, -0.15) is 4.98 Å². The molecule has 10 nitrogen and oxygen atoms in total. The average molecular weight is 445 g/mol. The first-order chi connectivity index (χ1) is 14.7. The van der Waals surface area contributed by atoms with Gasteiger partial charge in [0.1, 0.15) is 0 Å². The summed E-state index contributed by atoms with van der Waals surface area (Å²) in [5.74, 6) is -0.675. The minimum atomic E-state index is -3.87. The summed E-state index contributed by atoms with van der Waals surface area (Å²) < 4.78 is 37.1. The van der Waals surface area contributed by atoms with E-state index in [1.165, 1.54) is 18.2 Å². The van der Waals surface area contributed by atoms with Gasteiger partial charge in [0, 0.05) is 17.9 Å². The normalized spacial score (nSPS) is 11.0. The average Bonchev–Trinajstić information content (AvgIpc) is 2.71. The fraction of sp³-hybridized carbons (Fsp3) is 0.105. The Hall–Kier alpha value is -3.77. The SMILES string of the molecule is NC(=O)NCCc1ccc(Nc2nc(Nc3cccc(S(N)(=O)=O)c3)ncc2F)cc1. The highest BCUT2D eigenvalue weighted by atomic mass is 32.2. The van der Waals surface area contributed by atoms with Crippen molar-refractivity contribution in [3.8, 4) is 0 Å². The molecule has 0 aliphatic heterocycles. The van der Waals surface area contributed by atoms with E-state index < -0.39 is 21.9 Å². The number of benzene rings is 2. The molecule has 0 bridgehead atoms. The van der Waals surface area contributed by atoms with E-state index in [9.17, 15) is 17.6 Å². The van der Waals surface area contributed by atoms with Gasteiger partial charge in [0.05, 0.1) is 11.1 Å². The molecule has 162 valence electrons. The number of halogens is 1. The zero-order valence-electron chi connectivity index (χ0n) is 16.2. The van der Waals surface area contributed by atoms with Crippen LogP contribution < -0.4 is 26.8 Å². The maximum atomic E-state index is 14.2. The molecule has 31 heavy (non-hydrogen) atoms. The van der Waals surface area contributed by atoms with E-state index in [0.29, 0.717) is 24.3 Å². The maximum absolute atomic E-state index is 14.2. The molecule has 0 unspecified atom stereocenters. The Balaban J connectivity index is 1.71. The molecule has 3 aromatic rings. The van der Waals surface area contributed by atoms with Gasteiger partial charge in [0.2, 0.25) is 16.0 Å². The summed E-state index contributed by atoms with van der Waals surface area (Å²) in [7, 11) is -3.87. The topological polar surface area (TPSA) is 165 Å². The summed E-state index contributed by atoms with van der Waals surface area (Å²) in [6.45, 7) is 0.407. The van der Waals surface area contributed by atoms with Crippen LogP contribution in [0.5, 0.6) is 0 Å². The number of sulfonamides is 1. The lowest BCUT2D eigenvalue weighted by Gasteiger charge is -2.11. The first-order valence-corrected chi connectivity index (χ1v) is 10.6.